The maximum atomic E-state index is 11.9. The summed E-state index contributed by atoms with van der Waals surface area (Å²) in [7, 11) is 1.80. The monoisotopic (exact) mass is 341 g/mol. The van der Waals surface area contributed by atoms with Crippen LogP contribution in [0, 0.1) is 17.0 Å². The fourth-order valence-corrected chi connectivity index (χ4v) is 2.47. The third kappa shape index (κ3) is 3.74. The predicted molar refractivity (Wildman–Crippen MR) is 83.2 cm³/mol. The molecular weight excluding hydrogens is 330 g/mol. The van der Waals surface area contributed by atoms with Gasteiger partial charge in [-0.05, 0) is 13.0 Å². The SMILES string of the molecule is Cc1nnc(SCC(=O)Nc2cc([N+](=O)[O-])ccc2Cl)n1C. The third-order valence-corrected chi connectivity index (χ3v) is 4.17. The van der Waals surface area contributed by atoms with Gasteiger partial charge in [-0.15, -0.1) is 10.2 Å². The van der Waals surface area contributed by atoms with Gasteiger partial charge in [0.2, 0.25) is 5.91 Å². The summed E-state index contributed by atoms with van der Waals surface area (Å²) in [5, 5.41) is 21.9. The minimum absolute atomic E-state index is 0.0883. The molecule has 0 unspecified atom stereocenters. The zero-order valence-corrected chi connectivity index (χ0v) is 13.3. The predicted octanol–water partition coefficient (Wildman–Crippen LogP) is 2.42. The number of nitro groups is 1. The molecule has 0 saturated carbocycles. The number of nitro benzene ring substituents is 1. The van der Waals surface area contributed by atoms with E-state index in [1.165, 1.54) is 30.0 Å². The van der Waals surface area contributed by atoms with Crippen LogP contribution in [0.1, 0.15) is 5.82 Å². The molecule has 2 rings (SSSR count). The maximum absolute atomic E-state index is 11.9. The van der Waals surface area contributed by atoms with Crippen molar-refractivity contribution in [1.29, 1.82) is 0 Å². The van der Waals surface area contributed by atoms with E-state index in [2.05, 4.69) is 15.5 Å². The second-order valence-corrected chi connectivity index (χ2v) is 5.70. The van der Waals surface area contributed by atoms with Crippen molar-refractivity contribution in [2.75, 3.05) is 11.1 Å². The second-order valence-electron chi connectivity index (χ2n) is 4.35. The van der Waals surface area contributed by atoms with E-state index in [-0.39, 0.29) is 28.1 Å². The van der Waals surface area contributed by atoms with Crippen molar-refractivity contribution in [3.8, 4) is 0 Å². The Morgan fingerprint density at radius 2 is 2.23 bits per heavy atom. The van der Waals surface area contributed by atoms with Gasteiger partial charge in [0, 0.05) is 19.2 Å². The number of halogens is 1. The summed E-state index contributed by atoms with van der Waals surface area (Å²) in [5.74, 6) is 0.489. The van der Waals surface area contributed by atoms with Crippen molar-refractivity contribution >= 4 is 40.6 Å². The summed E-state index contributed by atoms with van der Waals surface area (Å²) >= 11 is 7.13. The van der Waals surface area contributed by atoms with E-state index in [9.17, 15) is 14.9 Å². The number of carbonyl (C=O) groups excluding carboxylic acids is 1. The quantitative estimate of drug-likeness (QED) is 0.509. The topological polar surface area (TPSA) is 103 Å². The van der Waals surface area contributed by atoms with Gasteiger partial charge in [0.15, 0.2) is 5.16 Å². The molecule has 1 aromatic heterocycles. The van der Waals surface area contributed by atoms with Crippen LogP contribution < -0.4 is 5.32 Å². The highest BCUT2D eigenvalue weighted by Crippen LogP contribution is 2.27. The Balaban J connectivity index is 2.01. The Bertz CT molecular complexity index is 734. The molecule has 22 heavy (non-hydrogen) atoms. The lowest BCUT2D eigenvalue weighted by Gasteiger charge is -2.07. The molecule has 1 amide bonds. The van der Waals surface area contributed by atoms with Gasteiger partial charge in [-0.25, -0.2) is 0 Å². The first-order valence-corrected chi connectivity index (χ1v) is 7.47. The summed E-state index contributed by atoms with van der Waals surface area (Å²) in [5.41, 5.74) is 0.0619. The number of amides is 1. The first-order chi connectivity index (χ1) is 10.4. The van der Waals surface area contributed by atoms with Gasteiger partial charge in [0.05, 0.1) is 21.4 Å². The smallest absolute Gasteiger partial charge is 0.271 e. The molecule has 0 bridgehead atoms. The van der Waals surface area contributed by atoms with Crippen LogP contribution in [0.3, 0.4) is 0 Å². The van der Waals surface area contributed by atoms with Gasteiger partial charge in [-0.1, -0.05) is 23.4 Å². The van der Waals surface area contributed by atoms with Crippen LogP contribution in [-0.4, -0.2) is 31.3 Å². The molecule has 0 aliphatic carbocycles. The molecule has 1 N–H and O–H groups in total. The van der Waals surface area contributed by atoms with E-state index >= 15 is 0 Å². The van der Waals surface area contributed by atoms with Crippen molar-refractivity contribution < 1.29 is 9.72 Å². The molecule has 0 saturated heterocycles. The van der Waals surface area contributed by atoms with Gasteiger partial charge in [-0.3, -0.25) is 14.9 Å². The molecule has 0 fully saturated rings. The second kappa shape index (κ2) is 6.75. The summed E-state index contributed by atoms with van der Waals surface area (Å²) in [4.78, 5) is 22.1. The average molecular weight is 342 g/mol. The minimum Gasteiger partial charge on any atom is -0.324 e. The molecule has 10 heteroatoms. The first-order valence-electron chi connectivity index (χ1n) is 6.11. The average Bonchev–Trinajstić information content (AvgIpc) is 2.78. The lowest BCUT2D eigenvalue weighted by Crippen LogP contribution is -2.15. The van der Waals surface area contributed by atoms with Crippen LogP contribution in [0.4, 0.5) is 11.4 Å². The lowest BCUT2D eigenvalue weighted by atomic mass is 10.3. The Morgan fingerprint density at radius 3 is 2.82 bits per heavy atom. The molecule has 0 spiro atoms. The van der Waals surface area contributed by atoms with Crippen LogP contribution in [-0.2, 0) is 11.8 Å². The fourth-order valence-electron chi connectivity index (χ4n) is 1.55. The molecular formula is C12H12ClN5O3S. The molecule has 116 valence electrons. The Labute approximate surface area is 135 Å². The zero-order chi connectivity index (χ0) is 16.3. The van der Waals surface area contributed by atoms with Crippen molar-refractivity contribution in [2.45, 2.75) is 12.1 Å². The number of aryl methyl sites for hydroxylation is 1. The highest BCUT2D eigenvalue weighted by atomic mass is 35.5. The molecule has 0 atom stereocenters. The summed E-state index contributed by atoms with van der Waals surface area (Å²) < 4.78 is 1.76. The highest BCUT2D eigenvalue weighted by molar-refractivity contribution is 7.99. The van der Waals surface area contributed by atoms with Gasteiger partial charge < -0.3 is 9.88 Å². The largest absolute Gasteiger partial charge is 0.324 e. The molecule has 0 aliphatic heterocycles. The number of nitrogens with one attached hydrogen (secondary N) is 1. The van der Waals surface area contributed by atoms with Gasteiger partial charge in [0.25, 0.3) is 5.69 Å². The van der Waals surface area contributed by atoms with E-state index in [0.717, 1.165) is 5.82 Å². The zero-order valence-electron chi connectivity index (χ0n) is 11.7. The lowest BCUT2D eigenvalue weighted by molar-refractivity contribution is -0.384. The van der Waals surface area contributed by atoms with Gasteiger partial charge in [0.1, 0.15) is 5.82 Å². The van der Waals surface area contributed by atoms with Crippen LogP contribution in [0.5, 0.6) is 0 Å². The Kier molecular flexibility index (Phi) is 4.99. The molecule has 0 aliphatic rings. The number of hydrogen-bond acceptors (Lipinski definition) is 6. The van der Waals surface area contributed by atoms with Crippen molar-refractivity contribution in [3.63, 3.8) is 0 Å². The molecule has 2 aromatic rings. The summed E-state index contributed by atoms with van der Waals surface area (Å²) in [6, 6.07) is 3.86. The third-order valence-electron chi connectivity index (χ3n) is 2.82. The first kappa shape index (κ1) is 16.2. The van der Waals surface area contributed by atoms with E-state index in [4.69, 9.17) is 11.6 Å². The van der Waals surface area contributed by atoms with Crippen molar-refractivity contribution in [3.05, 3.63) is 39.2 Å². The van der Waals surface area contributed by atoms with Gasteiger partial charge >= 0.3 is 0 Å². The number of hydrogen-bond donors (Lipinski definition) is 1. The molecule has 1 heterocycles. The standard InChI is InChI=1S/C12H12ClN5O3S/c1-7-15-16-12(17(7)2)22-6-11(19)14-10-5-8(18(20)21)3-4-9(10)13/h3-5H,6H2,1-2H3,(H,14,19). The van der Waals surface area contributed by atoms with E-state index < -0.39 is 4.92 Å². The van der Waals surface area contributed by atoms with E-state index in [1.807, 2.05) is 0 Å². The maximum Gasteiger partial charge on any atom is 0.271 e. The molecule has 1 aromatic carbocycles. The minimum atomic E-state index is -0.553. The number of aromatic nitrogens is 3. The van der Waals surface area contributed by atoms with Crippen molar-refractivity contribution in [1.82, 2.24) is 14.8 Å². The van der Waals surface area contributed by atoms with E-state index in [0.29, 0.717) is 5.16 Å². The Morgan fingerprint density at radius 1 is 1.50 bits per heavy atom. The molecule has 8 nitrogen and oxygen atoms in total. The van der Waals surface area contributed by atoms with Gasteiger partial charge in [-0.2, -0.15) is 0 Å². The number of thioether (sulfide) groups is 1. The van der Waals surface area contributed by atoms with E-state index in [1.54, 1.807) is 18.5 Å². The Hall–Kier alpha value is -2.13. The highest BCUT2D eigenvalue weighted by Gasteiger charge is 2.13. The number of rotatable bonds is 5. The van der Waals surface area contributed by atoms with Crippen molar-refractivity contribution in [2.24, 2.45) is 7.05 Å². The fraction of sp³-hybridized carbons (Fsp3) is 0.250. The summed E-state index contributed by atoms with van der Waals surface area (Å²) in [6.45, 7) is 1.81. The summed E-state index contributed by atoms with van der Waals surface area (Å²) in [6.07, 6.45) is 0. The molecule has 0 radical (unpaired) electrons. The number of nitrogens with zero attached hydrogens (tertiary/aromatic N) is 4. The number of non-ortho nitro benzene ring substituents is 1. The van der Waals surface area contributed by atoms with Crippen LogP contribution in [0.2, 0.25) is 5.02 Å². The van der Waals surface area contributed by atoms with Crippen LogP contribution >= 0.6 is 23.4 Å². The number of carbonyl (C=O) groups is 1. The number of benzene rings is 1. The van der Waals surface area contributed by atoms with Crippen LogP contribution in [0.25, 0.3) is 0 Å². The number of anilines is 1. The normalized spacial score (nSPS) is 10.5. The van der Waals surface area contributed by atoms with Crippen LogP contribution in [0.15, 0.2) is 23.4 Å².